The Hall–Kier alpha value is -0.430. The van der Waals surface area contributed by atoms with Gasteiger partial charge in [0.05, 0.1) is 11.5 Å². The molecule has 0 bridgehead atoms. The van der Waals surface area contributed by atoms with Crippen molar-refractivity contribution in [3.8, 4) is 0 Å². The summed E-state index contributed by atoms with van der Waals surface area (Å²) >= 11 is 3.31. The van der Waals surface area contributed by atoms with E-state index in [0.29, 0.717) is 22.1 Å². The zero-order chi connectivity index (χ0) is 13.9. The average molecular weight is 336 g/mol. The lowest BCUT2D eigenvalue weighted by Crippen LogP contribution is -2.28. The van der Waals surface area contributed by atoms with Crippen LogP contribution in [-0.4, -0.2) is 20.1 Å². The van der Waals surface area contributed by atoms with E-state index in [2.05, 4.69) is 20.7 Å². The molecule has 0 aliphatic rings. The van der Waals surface area contributed by atoms with Crippen LogP contribution < -0.4 is 4.72 Å². The summed E-state index contributed by atoms with van der Waals surface area (Å²) in [6, 6.07) is 3.22. The summed E-state index contributed by atoms with van der Waals surface area (Å²) in [6.07, 6.45) is 0. The Morgan fingerprint density at radius 1 is 1.39 bits per heavy atom. The van der Waals surface area contributed by atoms with Gasteiger partial charge in [0.2, 0.25) is 10.0 Å². The molecule has 0 aliphatic carbocycles. The number of hydrogen-bond acceptors (Lipinski definition) is 3. The Morgan fingerprint density at radius 3 is 2.50 bits per heavy atom. The molecule has 0 saturated carbocycles. The molecule has 0 aromatic heterocycles. The first-order valence-corrected chi connectivity index (χ1v) is 7.95. The lowest BCUT2D eigenvalue weighted by molar-refractivity contribution is 0.281. The molecular formula is C12H18BrNO3S. The van der Waals surface area contributed by atoms with Gasteiger partial charge in [0.1, 0.15) is 0 Å². The van der Waals surface area contributed by atoms with Crippen LogP contribution in [0.5, 0.6) is 0 Å². The lowest BCUT2D eigenvalue weighted by atomic mass is 10.2. The molecule has 0 unspecified atom stereocenters. The molecule has 0 fully saturated rings. The van der Waals surface area contributed by atoms with E-state index in [-0.39, 0.29) is 17.4 Å². The molecule has 0 amide bonds. The lowest BCUT2D eigenvalue weighted by Gasteiger charge is -2.13. The van der Waals surface area contributed by atoms with Gasteiger partial charge in [-0.05, 0) is 36.1 Å². The van der Waals surface area contributed by atoms with E-state index >= 15 is 0 Å². The van der Waals surface area contributed by atoms with Gasteiger partial charge in [-0.2, -0.15) is 0 Å². The van der Waals surface area contributed by atoms with Crippen molar-refractivity contribution in [1.29, 1.82) is 0 Å². The van der Waals surface area contributed by atoms with Crippen LogP contribution >= 0.6 is 15.9 Å². The van der Waals surface area contributed by atoms with E-state index in [1.807, 2.05) is 13.8 Å². The first kappa shape index (κ1) is 15.6. The Morgan fingerprint density at radius 2 is 2.00 bits per heavy atom. The smallest absolute Gasteiger partial charge is 0.240 e. The third-order valence-electron chi connectivity index (χ3n) is 2.51. The van der Waals surface area contributed by atoms with Crippen molar-refractivity contribution in [2.75, 3.05) is 6.54 Å². The van der Waals surface area contributed by atoms with Crippen LogP contribution in [0.15, 0.2) is 21.5 Å². The molecule has 0 heterocycles. The van der Waals surface area contributed by atoms with Crippen molar-refractivity contribution in [2.24, 2.45) is 5.92 Å². The van der Waals surface area contributed by atoms with Crippen molar-refractivity contribution in [2.45, 2.75) is 32.3 Å². The van der Waals surface area contributed by atoms with Crippen LogP contribution in [0.25, 0.3) is 0 Å². The second kappa shape index (κ2) is 6.14. The predicted octanol–water partition coefficient (Wildman–Crippen LogP) is 2.18. The van der Waals surface area contributed by atoms with E-state index in [1.165, 1.54) is 6.07 Å². The summed E-state index contributed by atoms with van der Waals surface area (Å²) in [6.45, 7) is 5.81. The molecule has 6 heteroatoms. The molecule has 1 aromatic carbocycles. The van der Waals surface area contributed by atoms with E-state index < -0.39 is 10.0 Å². The topological polar surface area (TPSA) is 66.4 Å². The Labute approximate surface area is 117 Å². The first-order chi connectivity index (χ1) is 8.27. The highest BCUT2D eigenvalue weighted by Gasteiger charge is 2.19. The minimum absolute atomic E-state index is 0.189. The highest BCUT2D eigenvalue weighted by Crippen LogP contribution is 2.25. The molecule has 0 saturated heterocycles. The van der Waals surface area contributed by atoms with Crippen molar-refractivity contribution >= 4 is 26.0 Å². The van der Waals surface area contributed by atoms with Crippen LogP contribution in [0.1, 0.15) is 25.0 Å². The van der Waals surface area contributed by atoms with Gasteiger partial charge in [-0.15, -0.1) is 0 Å². The maximum absolute atomic E-state index is 12.2. The second-order valence-electron chi connectivity index (χ2n) is 4.60. The van der Waals surface area contributed by atoms with Gasteiger partial charge in [-0.3, -0.25) is 0 Å². The molecule has 1 rings (SSSR count). The van der Waals surface area contributed by atoms with E-state index in [4.69, 9.17) is 5.11 Å². The maximum atomic E-state index is 12.2. The summed E-state index contributed by atoms with van der Waals surface area (Å²) in [5, 5.41) is 9.13. The number of benzene rings is 1. The fourth-order valence-corrected chi connectivity index (χ4v) is 3.60. The summed E-state index contributed by atoms with van der Waals surface area (Å²) in [7, 11) is -3.53. The fraction of sp³-hybridized carbons (Fsp3) is 0.500. The maximum Gasteiger partial charge on any atom is 0.240 e. The highest BCUT2D eigenvalue weighted by molar-refractivity contribution is 9.10. The molecular weight excluding hydrogens is 318 g/mol. The van der Waals surface area contributed by atoms with Crippen LogP contribution in [0.3, 0.4) is 0 Å². The van der Waals surface area contributed by atoms with Gasteiger partial charge in [0.15, 0.2) is 0 Å². The molecule has 2 N–H and O–H groups in total. The normalized spacial score (nSPS) is 12.1. The Kier molecular flexibility index (Phi) is 5.33. The standard InChI is InChI=1S/C12H18BrNO3S/c1-8(2)6-14-18(16,17)12-5-10(7-15)4-11(13)9(12)3/h4-5,8,14-15H,6-7H2,1-3H3. The number of nitrogens with one attached hydrogen (secondary N) is 1. The summed E-state index contributed by atoms with van der Waals surface area (Å²) < 4.78 is 27.6. The number of halogens is 1. The predicted molar refractivity (Wildman–Crippen MR) is 74.8 cm³/mol. The van der Waals surface area contributed by atoms with E-state index in [9.17, 15) is 8.42 Å². The van der Waals surface area contributed by atoms with Crippen molar-refractivity contribution < 1.29 is 13.5 Å². The summed E-state index contributed by atoms with van der Waals surface area (Å²) in [5.74, 6) is 0.240. The number of aliphatic hydroxyl groups is 1. The molecule has 1 aromatic rings. The molecule has 0 spiro atoms. The van der Waals surface area contributed by atoms with Crippen molar-refractivity contribution in [3.05, 3.63) is 27.7 Å². The molecule has 18 heavy (non-hydrogen) atoms. The molecule has 102 valence electrons. The summed E-state index contributed by atoms with van der Waals surface area (Å²) in [5.41, 5.74) is 1.21. The number of sulfonamides is 1. The monoisotopic (exact) mass is 335 g/mol. The van der Waals surface area contributed by atoms with Gasteiger partial charge in [0.25, 0.3) is 0 Å². The number of hydrogen-bond donors (Lipinski definition) is 2. The Balaban J connectivity index is 3.19. The number of rotatable bonds is 5. The third-order valence-corrected chi connectivity index (χ3v) is 4.88. The molecule has 0 aliphatic heterocycles. The SMILES string of the molecule is Cc1c(Br)cc(CO)cc1S(=O)(=O)NCC(C)C. The first-order valence-electron chi connectivity index (χ1n) is 5.67. The van der Waals surface area contributed by atoms with Crippen LogP contribution in [-0.2, 0) is 16.6 Å². The largest absolute Gasteiger partial charge is 0.392 e. The minimum Gasteiger partial charge on any atom is -0.392 e. The quantitative estimate of drug-likeness (QED) is 0.866. The minimum atomic E-state index is -3.53. The fourth-order valence-electron chi connectivity index (χ4n) is 1.43. The molecule has 4 nitrogen and oxygen atoms in total. The van der Waals surface area contributed by atoms with E-state index in [0.717, 1.165) is 0 Å². The van der Waals surface area contributed by atoms with Crippen molar-refractivity contribution in [1.82, 2.24) is 4.72 Å². The Bertz CT molecular complexity index is 526. The van der Waals surface area contributed by atoms with Gasteiger partial charge >= 0.3 is 0 Å². The molecule has 0 atom stereocenters. The van der Waals surface area contributed by atoms with Crippen LogP contribution in [0.2, 0.25) is 0 Å². The van der Waals surface area contributed by atoms with Crippen LogP contribution in [0, 0.1) is 12.8 Å². The van der Waals surface area contributed by atoms with E-state index in [1.54, 1.807) is 13.0 Å². The highest BCUT2D eigenvalue weighted by atomic mass is 79.9. The second-order valence-corrected chi connectivity index (χ2v) is 7.19. The van der Waals surface area contributed by atoms with Gasteiger partial charge < -0.3 is 5.11 Å². The summed E-state index contributed by atoms with van der Waals surface area (Å²) in [4.78, 5) is 0.210. The van der Waals surface area contributed by atoms with Gasteiger partial charge in [0, 0.05) is 11.0 Å². The van der Waals surface area contributed by atoms with Gasteiger partial charge in [-0.1, -0.05) is 29.8 Å². The van der Waals surface area contributed by atoms with Gasteiger partial charge in [-0.25, -0.2) is 13.1 Å². The third kappa shape index (κ3) is 3.78. The van der Waals surface area contributed by atoms with Crippen molar-refractivity contribution in [3.63, 3.8) is 0 Å². The zero-order valence-corrected chi connectivity index (χ0v) is 13.1. The van der Waals surface area contributed by atoms with Crippen LogP contribution in [0.4, 0.5) is 0 Å². The zero-order valence-electron chi connectivity index (χ0n) is 10.7. The number of aliphatic hydroxyl groups excluding tert-OH is 1. The molecule has 0 radical (unpaired) electrons. The average Bonchev–Trinajstić information content (AvgIpc) is 2.29.